The number of carboxylic acids is 1. The average Bonchev–Trinajstić information content (AvgIpc) is 2.38. The van der Waals surface area contributed by atoms with Gasteiger partial charge in [0.15, 0.2) is 0 Å². The first-order valence-corrected chi connectivity index (χ1v) is 7.03. The average molecular weight is 293 g/mol. The number of ether oxygens (including phenoxy) is 1. The topological polar surface area (TPSA) is 75.6 Å². The molecule has 0 aliphatic heterocycles. The fraction of sp³-hybridized carbons (Fsp3) is 0.500. The number of carbonyl (C=O) groups is 2. The molecule has 1 rings (SSSR count). The normalized spacial score (nSPS) is 13.5. The van der Waals surface area contributed by atoms with Crippen LogP contribution in [0.1, 0.15) is 38.2 Å². The van der Waals surface area contributed by atoms with Crippen molar-refractivity contribution in [2.45, 2.75) is 32.6 Å². The second-order valence-corrected chi connectivity index (χ2v) is 5.43. The molecular formula is C16H23NO4. The lowest BCUT2D eigenvalue weighted by atomic mass is 9.98. The maximum Gasteiger partial charge on any atom is 0.303 e. The van der Waals surface area contributed by atoms with Crippen molar-refractivity contribution in [3.05, 3.63) is 29.8 Å². The first-order valence-electron chi connectivity index (χ1n) is 7.03. The third-order valence-electron chi connectivity index (χ3n) is 3.23. The maximum atomic E-state index is 11.8. The highest BCUT2D eigenvalue weighted by molar-refractivity contribution is 5.90. The van der Waals surface area contributed by atoms with Crippen LogP contribution in [0.3, 0.4) is 0 Å². The molecule has 1 aromatic carbocycles. The van der Waals surface area contributed by atoms with E-state index < -0.39 is 5.97 Å². The number of anilines is 1. The molecule has 21 heavy (non-hydrogen) atoms. The highest BCUT2D eigenvalue weighted by Crippen LogP contribution is 2.21. The third-order valence-corrected chi connectivity index (χ3v) is 3.23. The van der Waals surface area contributed by atoms with Gasteiger partial charge in [0, 0.05) is 25.8 Å². The van der Waals surface area contributed by atoms with Gasteiger partial charge in [0.1, 0.15) is 0 Å². The number of nitrogens with one attached hydrogen (secondary N) is 1. The number of hydrogen-bond donors (Lipinski definition) is 2. The van der Waals surface area contributed by atoms with Crippen molar-refractivity contribution in [3.8, 4) is 0 Å². The number of amides is 1. The Bertz CT molecular complexity index is 470. The second-order valence-electron chi connectivity index (χ2n) is 5.43. The number of benzene rings is 1. The number of carbonyl (C=O) groups excluding carboxylic acids is 1. The van der Waals surface area contributed by atoms with Gasteiger partial charge in [-0.25, -0.2) is 0 Å². The van der Waals surface area contributed by atoms with Crippen molar-refractivity contribution in [1.29, 1.82) is 0 Å². The molecule has 0 saturated heterocycles. The molecule has 2 atom stereocenters. The number of aliphatic carboxylic acids is 1. The van der Waals surface area contributed by atoms with Crippen molar-refractivity contribution in [1.82, 2.24) is 0 Å². The van der Waals surface area contributed by atoms with Crippen LogP contribution in [0.5, 0.6) is 0 Å². The van der Waals surface area contributed by atoms with Gasteiger partial charge in [0.2, 0.25) is 5.91 Å². The molecule has 1 amide bonds. The number of hydrogen-bond acceptors (Lipinski definition) is 3. The molecule has 5 heteroatoms. The Morgan fingerprint density at radius 1 is 1.19 bits per heavy atom. The summed E-state index contributed by atoms with van der Waals surface area (Å²) in [7, 11) is 1.62. The van der Waals surface area contributed by atoms with E-state index in [0.29, 0.717) is 13.0 Å². The summed E-state index contributed by atoms with van der Waals surface area (Å²) in [5, 5.41) is 11.6. The summed E-state index contributed by atoms with van der Waals surface area (Å²) >= 11 is 0. The van der Waals surface area contributed by atoms with Crippen molar-refractivity contribution in [2.24, 2.45) is 5.92 Å². The molecule has 0 bridgehead atoms. The monoisotopic (exact) mass is 293 g/mol. The van der Waals surface area contributed by atoms with Gasteiger partial charge in [0.25, 0.3) is 0 Å². The minimum atomic E-state index is -0.813. The lowest BCUT2D eigenvalue weighted by Crippen LogP contribution is -2.17. The van der Waals surface area contributed by atoms with E-state index in [1.165, 1.54) is 0 Å². The molecule has 0 spiro atoms. The first-order chi connectivity index (χ1) is 9.92. The highest BCUT2D eigenvalue weighted by Gasteiger charge is 2.11. The van der Waals surface area contributed by atoms with E-state index in [4.69, 9.17) is 9.84 Å². The molecule has 1 aromatic rings. The van der Waals surface area contributed by atoms with Crippen LogP contribution in [0.15, 0.2) is 24.3 Å². The fourth-order valence-electron chi connectivity index (χ4n) is 2.15. The molecule has 0 radical (unpaired) electrons. The Morgan fingerprint density at radius 2 is 1.81 bits per heavy atom. The van der Waals surface area contributed by atoms with Gasteiger partial charge in [-0.1, -0.05) is 26.0 Å². The van der Waals surface area contributed by atoms with Crippen LogP contribution in [0.4, 0.5) is 5.69 Å². The van der Waals surface area contributed by atoms with Crippen LogP contribution in [-0.4, -0.2) is 30.7 Å². The zero-order valence-electron chi connectivity index (χ0n) is 12.8. The summed E-state index contributed by atoms with van der Waals surface area (Å²) in [4.78, 5) is 22.5. The van der Waals surface area contributed by atoms with Gasteiger partial charge in [0.05, 0.1) is 6.42 Å². The summed E-state index contributed by atoms with van der Waals surface area (Å²) in [5.74, 6) is -0.739. The van der Waals surface area contributed by atoms with Gasteiger partial charge in [-0.3, -0.25) is 9.59 Å². The standard InChI is InChI=1S/C16H23NO4/c1-11(10-21-3)8-15(18)17-14-6-4-13(5-7-14)12(2)9-16(19)20/h4-7,11-12H,8-10H2,1-3H3,(H,17,18)(H,19,20). The third kappa shape index (κ3) is 6.40. The molecule has 0 saturated carbocycles. The summed E-state index contributed by atoms with van der Waals surface area (Å²) in [6, 6.07) is 7.29. The molecule has 0 aliphatic carbocycles. The summed E-state index contributed by atoms with van der Waals surface area (Å²) in [5.41, 5.74) is 1.67. The molecule has 0 fully saturated rings. The Kier molecular flexibility index (Phi) is 6.88. The van der Waals surface area contributed by atoms with Crippen LogP contribution < -0.4 is 5.32 Å². The quantitative estimate of drug-likeness (QED) is 0.772. The Balaban J connectivity index is 2.54. The highest BCUT2D eigenvalue weighted by atomic mass is 16.5. The predicted molar refractivity (Wildman–Crippen MR) is 81.4 cm³/mol. The lowest BCUT2D eigenvalue weighted by Gasteiger charge is -2.12. The SMILES string of the molecule is COCC(C)CC(=O)Nc1ccc(C(C)CC(=O)O)cc1. The van der Waals surface area contributed by atoms with E-state index in [9.17, 15) is 9.59 Å². The van der Waals surface area contributed by atoms with Gasteiger partial charge in [-0.2, -0.15) is 0 Å². The lowest BCUT2D eigenvalue weighted by molar-refractivity contribution is -0.137. The number of rotatable bonds is 8. The van der Waals surface area contributed by atoms with Crippen molar-refractivity contribution in [3.63, 3.8) is 0 Å². The second kappa shape index (κ2) is 8.42. The summed E-state index contributed by atoms with van der Waals surface area (Å²) in [6.07, 6.45) is 0.505. The van der Waals surface area contributed by atoms with E-state index in [1.807, 2.05) is 26.0 Å². The Hall–Kier alpha value is -1.88. The van der Waals surface area contributed by atoms with E-state index in [-0.39, 0.29) is 24.2 Å². The van der Waals surface area contributed by atoms with Crippen LogP contribution in [0.25, 0.3) is 0 Å². The molecule has 5 nitrogen and oxygen atoms in total. The van der Waals surface area contributed by atoms with E-state index in [0.717, 1.165) is 11.3 Å². The van der Waals surface area contributed by atoms with Crippen LogP contribution in [-0.2, 0) is 14.3 Å². The Morgan fingerprint density at radius 3 is 2.33 bits per heavy atom. The van der Waals surface area contributed by atoms with Crippen LogP contribution >= 0.6 is 0 Å². The zero-order valence-corrected chi connectivity index (χ0v) is 12.8. The number of carboxylic acid groups (broad SMARTS) is 1. The van der Waals surface area contributed by atoms with Gasteiger partial charge in [-0.05, 0) is 29.5 Å². The first kappa shape index (κ1) is 17.2. The number of methoxy groups -OCH3 is 1. The minimum Gasteiger partial charge on any atom is -0.481 e. The molecule has 0 aliphatic rings. The zero-order chi connectivity index (χ0) is 15.8. The van der Waals surface area contributed by atoms with Crippen molar-refractivity contribution < 1.29 is 19.4 Å². The molecule has 116 valence electrons. The minimum absolute atomic E-state index is 0.0472. The van der Waals surface area contributed by atoms with Crippen LogP contribution in [0, 0.1) is 5.92 Å². The van der Waals surface area contributed by atoms with Gasteiger partial charge >= 0.3 is 5.97 Å². The van der Waals surface area contributed by atoms with Crippen molar-refractivity contribution in [2.75, 3.05) is 19.0 Å². The van der Waals surface area contributed by atoms with Gasteiger partial charge in [-0.15, -0.1) is 0 Å². The van der Waals surface area contributed by atoms with E-state index in [2.05, 4.69) is 5.32 Å². The fourth-order valence-corrected chi connectivity index (χ4v) is 2.15. The maximum absolute atomic E-state index is 11.8. The van der Waals surface area contributed by atoms with E-state index >= 15 is 0 Å². The van der Waals surface area contributed by atoms with Gasteiger partial charge < -0.3 is 15.2 Å². The summed E-state index contributed by atoms with van der Waals surface area (Å²) < 4.78 is 5.00. The molecule has 0 heterocycles. The molecular weight excluding hydrogens is 270 g/mol. The largest absolute Gasteiger partial charge is 0.481 e. The van der Waals surface area contributed by atoms with E-state index in [1.54, 1.807) is 19.2 Å². The molecule has 2 unspecified atom stereocenters. The van der Waals surface area contributed by atoms with Crippen LogP contribution in [0.2, 0.25) is 0 Å². The molecule has 2 N–H and O–H groups in total. The smallest absolute Gasteiger partial charge is 0.303 e. The Labute approximate surface area is 125 Å². The predicted octanol–water partition coefficient (Wildman–Crippen LogP) is 2.88. The molecule has 0 aromatic heterocycles. The summed E-state index contributed by atoms with van der Waals surface area (Å²) in [6.45, 7) is 4.38. The van der Waals surface area contributed by atoms with Crippen molar-refractivity contribution >= 4 is 17.6 Å².